The van der Waals surface area contributed by atoms with Crippen LogP contribution in [-0.4, -0.2) is 63.0 Å². The quantitative estimate of drug-likeness (QED) is 0.579. The molecule has 1 aliphatic rings. The number of ether oxygens (including phenoxy) is 3. The molecule has 0 unspecified atom stereocenters. The van der Waals surface area contributed by atoms with E-state index in [9.17, 15) is 4.79 Å². The maximum Gasteiger partial charge on any atom is 0.273 e. The van der Waals surface area contributed by atoms with E-state index in [1.165, 1.54) is 0 Å². The highest BCUT2D eigenvalue weighted by Crippen LogP contribution is 2.25. The summed E-state index contributed by atoms with van der Waals surface area (Å²) in [5.41, 5.74) is 2.17. The Hall–Kier alpha value is -3.36. The molecule has 0 aliphatic carbocycles. The second kappa shape index (κ2) is 10.3. The van der Waals surface area contributed by atoms with Crippen LogP contribution >= 0.6 is 0 Å². The smallest absolute Gasteiger partial charge is 0.273 e. The van der Waals surface area contributed by atoms with Gasteiger partial charge in [0.25, 0.3) is 5.91 Å². The Morgan fingerprint density at radius 1 is 1.03 bits per heavy atom. The van der Waals surface area contributed by atoms with Gasteiger partial charge in [0.1, 0.15) is 11.5 Å². The van der Waals surface area contributed by atoms with Crippen molar-refractivity contribution in [3.63, 3.8) is 0 Å². The molecule has 1 aromatic heterocycles. The van der Waals surface area contributed by atoms with Crippen LogP contribution in [0.25, 0.3) is 11.3 Å². The van der Waals surface area contributed by atoms with E-state index in [0.29, 0.717) is 25.5 Å². The summed E-state index contributed by atoms with van der Waals surface area (Å²) in [4.78, 5) is 15.1. The van der Waals surface area contributed by atoms with E-state index in [2.05, 4.69) is 15.4 Å². The predicted molar refractivity (Wildman–Crippen MR) is 119 cm³/mol. The maximum atomic E-state index is 12.8. The Labute approximate surface area is 187 Å². The van der Waals surface area contributed by atoms with E-state index < -0.39 is 0 Å². The summed E-state index contributed by atoms with van der Waals surface area (Å²) in [6.07, 6.45) is 0. The largest absolute Gasteiger partial charge is 0.497 e. The molecule has 0 bridgehead atoms. The lowest BCUT2D eigenvalue weighted by atomic mass is 10.0. The van der Waals surface area contributed by atoms with E-state index in [-0.39, 0.29) is 17.6 Å². The van der Waals surface area contributed by atoms with Crippen molar-refractivity contribution in [1.29, 1.82) is 0 Å². The molecule has 1 amide bonds. The second-order valence-electron chi connectivity index (χ2n) is 7.45. The van der Waals surface area contributed by atoms with Gasteiger partial charge in [0.15, 0.2) is 11.5 Å². The zero-order valence-corrected chi connectivity index (χ0v) is 18.2. The molecular formula is C24H27N3O5. The van der Waals surface area contributed by atoms with E-state index in [1.54, 1.807) is 20.3 Å². The lowest BCUT2D eigenvalue weighted by molar-refractivity contribution is 0.0162. The molecule has 8 heteroatoms. The van der Waals surface area contributed by atoms with Gasteiger partial charge in [-0.05, 0) is 42.0 Å². The number of carbonyl (C=O) groups excluding carboxylic acids is 1. The first kappa shape index (κ1) is 21.9. The Balaban J connectivity index is 1.45. The van der Waals surface area contributed by atoms with Gasteiger partial charge >= 0.3 is 0 Å². The Kier molecular flexibility index (Phi) is 7.03. The van der Waals surface area contributed by atoms with Gasteiger partial charge in [-0.1, -0.05) is 17.3 Å². The fraction of sp³-hybridized carbons (Fsp3) is 0.333. The Morgan fingerprint density at radius 2 is 1.66 bits per heavy atom. The average Bonchev–Trinajstić information content (AvgIpc) is 3.36. The summed E-state index contributed by atoms with van der Waals surface area (Å²) in [5, 5.41) is 6.96. The molecule has 0 radical (unpaired) electrons. The van der Waals surface area contributed by atoms with E-state index in [0.717, 1.165) is 35.7 Å². The molecule has 1 N–H and O–H groups in total. The molecule has 3 aromatic rings. The summed E-state index contributed by atoms with van der Waals surface area (Å²) < 4.78 is 21.3. The standard InChI is InChI=1S/C24H27N3O5/c1-29-19-7-3-17(4-8-19)22(27-11-13-31-14-12-27)16-25-24(28)21-15-23(32-26-21)18-5-9-20(30-2)10-6-18/h3-10,15,22H,11-14,16H2,1-2H3,(H,25,28)/t22-/m1/s1. The molecule has 0 saturated carbocycles. The first-order valence-corrected chi connectivity index (χ1v) is 10.5. The van der Waals surface area contributed by atoms with Gasteiger partial charge in [-0.2, -0.15) is 0 Å². The normalized spacial score (nSPS) is 15.2. The van der Waals surface area contributed by atoms with Crippen LogP contribution in [0.5, 0.6) is 11.5 Å². The van der Waals surface area contributed by atoms with Gasteiger partial charge in [0.2, 0.25) is 0 Å². The number of rotatable bonds is 8. The summed E-state index contributed by atoms with van der Waals surface area (Å²) in [7, 11) is 3.26. The molecule has 1 saturated heterocycles. The number of nitrogens with zero attached hydrogens (tertiary/aromatic N) is 2. The third-order valence-corrected chi connectivity index (χ3v) is 5.56. The minimum atomic E-state index is -0.278. The predicted octanol–water partition coefficient (Wildman–Crippen LogP) is 3.16. The molecule has 8 nitrogen and oxygen atoms in total. The van der Waals surface area contributed by atoms with Gasteiger partial charge in [-0.25, -0.2) is 0 Å². The molecule has 2 aromatic carbocycles. The zero-order valence-electron chi connectivity index (χ0n) is 18.2. The number of methoxy groups -OCH3 is 2. The van der Waals surface area contributed by atoms with Gasteiger partial charge in [-0.3, -0.25) is 9.69 Å². The van der Waals surface area contributed by atoms with Crippen LogP contribution in [0.1, 0.15) is 22.1 Å². The van der Waals surface area contributed by atoms with Crippen molar-refractivity contribution >= 4 is 5.91 Å². The molecule has 2 heterocycles. The molecule has 4 rings (SSSR count). The Morgan fingerprint density at radius 3 is 2.28 bits per heavy atom. The third-order valence-electron chi connectivity index (χ3n) is 5.56. The van der Waals surface area contributed by atoms with Crippen molar-refractivity contribution in [3.05, 3.63) is 65.9 Å². The minimum absolute atomic E-state index is 0.0155. The maximum absolute atomic E-state index is 12.8. The van der Waals surface area contributed by atoms with Crippen molar-refractivity contribution in [2.75, 3.05) is 47.1 Å². The number of hydrogen-bond donors (Lipinski definition) is 1. The number of nitrogens with one attached hydrogen (secondary N) is 1. The molecule has 168 valence electrons. The highest BCUT2D eigenvalue weighted by Gasteiger charge is 2.24. The highest BCUT2D eigenvalue weighted by molar-refractivity contribution is 5.93. The van der Waals surface area contributed by atoms with Gasteiger partial charge in [0.05, 0.1) is 33.5 Å². The van der Waals surface area contributed by atoms with Crippen molar-refractivity contribution in [2.24, 2.45) is 0 Å². The second-order valence-corrected chi connectivity index (χ2v) is 7.45. The first-order chi connectivity index (χ1) is 15.7. The summed E-state index contributed by atoms with van der Waals surface area (Å²) in [5.74, 6) is 1.80. The fourth-order valence-electron chi connectivity index (χ4n) is 3.73. The molecule has 1 atom stereocenters. The Bertz CT molecular complexity index is 1010. The number of aromatic nitrogens is 1. The van der Waals surface area contributed by atoms with Crippen LogP contribution in [0.2, 0.25) is 0 Å². The number of carbonyl (C=O) groups is 1. The van der Waals surface area contributed by atoms with Crippen LogP contribution in [-0.2, 0) is 4.74 Å². The molecule has 1 fully saturated rings. The highest BCUT2D eigenvalue weighted by atomic mass is 16.5. The number of morpholine rings is 1. The van der Waals surface area contributed by atoms with Crippen molar-refractivity contribution < 1.29 is 23.5 Å². The van der Waals surface area contributed by atoms with Crippen LogP contribution in [0.3, 0.4) is 0 Å². The number of hydrogen-bond acceptors (Lipinski definition) is 7. The van der Waals surface area contributed by atoms with Crippen LogP contribution in [0, 0.1) is 0 Å². The third kappa shape index (κ3) is 5.09. The van der Waals surface area contributed by atoms with Crippen molar-refractivity contribution in [2.45, 2.75) is 6.04 Å². The van der Waals surface area contributed by atoms with Gasteiger partial charge in [-0.15, -0.1) is 0 Å². The lowest BCUT2D eigenvalue weighted by Gasteiger charge is -2.34. The van der Waals surface area contributed by atoms with E-state index in [4.69, 9.17) is 18.7 Å². The molecule has 1 aliphatic heterocycles. The SMILES string of the molecule is COc1ccc(-c2cc(C(=O)NC[C@H](c3ccc(OC)cc3)N3CCOCC3)no2)cc1. The summed E-state index contributed by atoms with van der Waals surface area (Å²) in [6, 6.07) is 17.0. The van der Waals surface area contributed by atoms with Crippen molar-refractivity contribution in [1.82, 2.24) is 15.4 Å². The van der Waals surface area contributed by atoms with Crippen LogP contribution < -0.4 is 14.8 Å². The van der Waals surface area contributed by atoms with Gasteiger partial charge < -0.3 is 24.1 Å². The number of amides is 1. The van der Waals surface area contributed by atoms with Crippen LogP contribution in [0.4, 0.5) is 0 Å². The summed E-state index contributed by atoms with van der Waals surface area (Å²) in [6.45, 7) is 3.40. The first-order valence-electron chi connectivity index (χ1n) is 10.5. The molecule has 32 heavy (non-hydrogen) atoms. The van der Waals surface area contributed by atoms with E-state index in [1.807, 2.05) is 48.5 Å². The zero-order chi connectivity index (χ0) is 22.3. The van der Waals surface area contributed by atoms with E-state index >= 15 is 0 Å². The monoisotopic (exact) mass is 437 g/mol. The summed E-state index contributed by atoms with van der Waals surface area (Å²) >= 11 is 0. The average molecular weight is 437 g/mol. The van der Waals surface area contributed by atoms with Crippen molar-refractivity contribution in [3.8, 4) is 22.8 Å². The molecular weight excluding hydrogens is 410 g/mol. The van der Waals surface area contributed by atoms with Crippen LogP contribution in [0.15, 0.2) is 59.1 Å². The van der Waals surface area contributed by atoms with Gasteiger partial charge in [0, 0.05) is 31.3 Å². The topological polar surface area (TPSA) is 86.1 Å². The fourth-order valence-corrected chi connectivity index (χ4v) is 3.73. The number of benzene rings is 2. The minimum Gasteiger partial charge on any atom is -0.497 e. The lowest BCUT2D eigenvalue weighted by Crippen LogP contribution is -2.43. The molecule has 0 spiro atoms.